The van der Waals surface area contributed by atoms with Gasteiger partial charge in [-0.15, -0.1) is 0 Å². The first-order valence-electron chi connectivity index (χ1n) is 8.02. The molecule has 1 unspecified atom stereocenters. The third-order valence-corrected chi connectivity index (χ3v) is 3.92. The SMILES string of the molecule is Cc1cc(C)c(OC(C)CN(C)C)c(CN2C(=O)CCC2=O)c1. The van der Waals surface area contributed by atoms with Gasteiger partial charge in [0.25, 0.3) is 0 Å². The molecule has 0 aromatic heterocycles. The Morgan fingerprint density at radius 1 is 1.17 bits per heavy atom. The molecule has 1 atom stereocenters. The van der Waals surface area contributed by atoms with Crippen LogP contribution in [0.3, 0.4) is 0 Å². The molecule has 126 valence electrons. The van der Waals surface area contributed by atoms with Crippen LogP contribution in [0.2, 0.25) is 0 Å². The van der Waals surface area contributed by atoms with Crippen LogP contribution in [0.4, 0.5) is 0 Å². The van der Waals surface area contributed by atoms with Crippen molar-refractivity contribution in [2.45, 2.75) is 46.3 Å². The maximum atomic E-state index is 11.9. The first-order chi connectivity index (χ1) is 10.8. The van der Waals surface area contributed by atoms with E-state index in [2.05, 4.69) is 11.0 Å². The van der Waals surface area contributed by atoms with Gasteiger partial charge in [0.1, 0.15) is 11.9 Å². The summed E-state index contributed by atoms with van der Waals surface area (Å²) in [7, 11) is 4.01. The molecule has 0 bridgehead atoms. The van der Waals surface area contributed by atoms with Crippen molar-refractivity contribution in [2.24, 2.45) is 0 Å². The van der Waals surface area contributed by atoms with Gasteiger partial charge in [0, 0.05) is 24.9 Å². The van der Waals surface area contributed by atoms with Crippen LogP contribution >= 0.6 is 0 Å². The third-order valence-electron chi connectivity index (χ3n) is 3.92. The van der Waals surface area contributed by atoms with Crippen molar-refractivity contribution in [2.75, 3.05) is 20.6 Å². The number of imide groups is 1. The van der Waals surface area contributed by atoms with E-state index in [0.29, 0.717) is 19.4 Å². The Bertz CT molecular complexity index is 595. The standard InChI is InChI=1S/C18H26N2O3/c1-12-8-13(2)18(23-14(3)10-19(4)5)15(9-12)11-20-16(21)6-7-17(20)22/h8-9,14H,6-7,10-11H2,1-5H3. The van der Waals surface area contributed by atoms with Crippen LogP contribution in [0.5, 0.6) is 5.75 Å². The molecule has 0 spiro atoms. The van der Waals surface area contributed by atoms with Crippen molar-refractivity contribution in [3.8, 4) is 5.75 Å². The van der Waals surface area contributed by atoms with Crippen molar-refractivity contribution < 1.29 is 14.3 Å². The Balaban J connectivity index is 2.27. The zero-order valence-corrected chi connectivity index (χ0v) is 14.7. The fraction of sp³-hybridized carbons (Fsp3) is 0.556. The highest BCUT2D eigenvalue weighted by Crippen LogP contribution is 2.29. The Morgan fingerprint density at radius 2 is 1.78 bits per heavy atom. The summed E-state index contributed by atoms with van der Waals surface area (Å²) >= 11 is 0. The number of hydrogen-bond donors (Lipinski definition) is 0. The molecule has 1 aromatic carbocycles. The minimum absolute atomic E-state index is 0.0233. The van der Waals surface area contributed by atoms with Crippen LogP contribution in [-0.4, -0.2) is 48.4 Å². The molecule has 5 heteroatoms. The molecule has 5 nitrogen and oxygen atoms in total. The van der Waals surface area contributed by atoms with Crippen LogP contribution in [-0.2, 0) is 16.1 Å². The van der Waals surface area contributed by atoms with Crippen molar-refractivity contribution in [1.29, 1.82) is 0 Å². The smallest absolute Gasteiger partial charge is 0.230 e. The number of carbonyl (C=O) groups excluding carboxylic acids is 2. The summed E-state index contributed by atoms with van der Waals surface area (Å²) in [6.45, 7) is 7.13. The summed E-state index contributed by atoms with van der Waals surface area (Å²) in [4.78, 5) is 27.2. The van der Waals surface area contributed by atoms with E-state index < -0.39 is 0 Å². The molecule has 1 aliphatic rings. The van der Waals surface area contributed by atoms with Crippen LogP contribution in [0.1, 0.15) is 36.5 Å². The van der Waals surface area contributed by atoms with Crippen LogP contribution in [0.15, 0.2) is 12.1 Å². The molecule has 23 heavy (non-hydrogen) atoms. The van der Waals surface area contributed by atoms with E-state index in [1.165, 1.54) is 4.90 Å². The first-order valence-corrected chi connectivity index (χ1v) is 8.02. The number of amides is 2. The highest BCUT2D eigenvalue weighted by atomic mass is 16.5. The third kappa shape index (κ3) is 4.32. The molecule has 1 heterocycles. The van der Waals surface area contributed by atoms with Crippen molar-refractivity contribution in [3.63, 3.8) is 0 Å². The number of nitrogens with zero attached hydrogens (tertiary/aromatic N) is 2. The summed E-state index contributed by atoms with van der Waals surface area (Å²) in [5, 5.41) is 0. The van der Waals surface area contributed by atoms with Crippen molar-refractivity contribution in [3.05, 3.63) is 28.8 Å². The Labute approximate surface area is 138 Å². The van der Waals surface area contributed by atoms with Crippen LogP contribution in [0.25, 0.3) is 0 Å². The lowest BCUT2D eigenvalue weighted by Crippen LogP contribution is -2.30. The number of likely N-dealkylation sites (N-methyl/N-ethyl adjacent to an activating group) is 1. The lowest BCUT2D eigenvalue weighted by Gasteiger charge is -2.24. The van der Waals surface area contributed by atoms with E-state index in [1.54, 1.807) is 0 Å². The number of rotatable bonds is 6. The van der Waals surface area contributed by atoms with Gasteiger partial charge in [-0.05, 0) is 40.4 Å². The fourth-order valence-electron chi connectivity index (χ4n) is 3.05. The highest BCUT2D eigenvalue weighted by Gasteiger charge is 2.30. The predicted octanol–water partition coefficient (Wildman–Crippen LogP) is 2.28. The van der Waals surface area contributed by atoms with Crippen LogP contribution in [0, 0.1) is 13.8 Å². The van der Waals surface area contributed by atoms with Gasteiger partial charge >= 0.3 is 0 Å². The van der Waals surface area contributed by atoms with Gasteiger partial charge in [0.2, 0.25) is 11.8 Å². The van der Waals surface area contributed by atoms with E-state index in [4.69, 9.17) is 4.74 Å². The van der Waals surface area contributed by atoms with Gasteiger partial charge in [-0.25, -0.2) is 0 Å². The number of likely N-dealkylation sites (tertiary alicyclic amines) is 1. The average molecular weight is 318 g/mol. The van der Waals surface area contributed by atoms with E-state index in [9.17, 15) is 9.59 Å². The Kier molecular flexibility index (Phi) is 5.42. The summed E-state index contributed by atoms with van der Waals surface area (Å²) in [6.07, 6.45) is 0.656. The minimum atomic E-state index is -0.0959. The lowest BCUT2D eigenvalue weighted by molar-refractivity contribution is -0.139. The zero-order chi connectivity index (χ0) is 17.1. The van der Waals surface area contributed by atoms with Gasteiger partial charge in [-0.1, -0.05) is 17.7 Å². The molecule has 0 saturated carbocycles. The summed E-state index contributed by atoms with van der Waals surface area (Å²) in [5.41, 5.74) is 3.03. The number of ether oxygens (including phenoxy) is 1. The molecule has 1 saturated heterocycles. The van der Waals surface area contributed by atoms with Crippen molar-refractivity contribution in [1.82, 2.24) is 9.80 Å². The first kappa shape index (κ1) is 17.5. The van der Waals surface area contributed by atoms with Crippen molar-refractivity contribution >= 4 is 11.8 Å². The summed E-state index contributed by atoms with van der Waals surface area (Å²) < 4.78 is 6.13. The van der Waals surface area contributed by atoms with Gasteiger partial charge < -0.3 is 9.64 Å². The van der Waals surface area contributed by atoms with Crippen LogP contribution < -0.4 is 4.74 Å². The number of hydrogen-bond acceptors (Lipinski definition) is 4. The summed E-state index contributed by atoms with van der Waals surface area (Å²) in [5.74, 6) is 0.598. The topological polar surface area (TPSA) is 49.9 Å². The average Bonchev–Trinajstić information content (AvgIpc) is 2.73. The van der Waals surface area contributed by atoms with E-state index >= 15 is 0 Å². The van der Waals surface area contributed by atoms with Gasteiger partial charge in [-0.2, -0.15) is 0 Å². The monoisotopic (exact) mass is 318 g/mol. The minimum Gasteiger partial charge on any atom is -0.489 e. The van der Waals surface area contributed by atoms with Gasteiger partial charge in [0.15, 0.2) is 0 Å². The Morgan fingerprint density at radius 3 is 2.35 bits per heavy atom. The van der Waals surface area contributed by atoms with E-state index in [1.807, 2.05) is 40.9 Å². The van der Waals surface area contributed by atoms with Gasteiger partial charge in [0.05, 0.1) is 6.54 Å². The molecule has 1 fully saturated rings. The molecule has 1 aromatic rings. The molecule has 2 amide bonds. The van der Waals surface area contributed by atoms with E-state index in [-0.39, 0.29) is 17.9 Å². The second-order valence-electron chi connectivity index (χ2n) is 6.63. The second-order valence-corrected chi connectivity index (χ2v) is 6.63. The molecular formula is C18H26N2O3. The Hall–Kier alpha value is -1.88. The molecular weight excluding hydrogens is 292 g/mol. The number of carbonyl (C=O) groups is 2. The zero-order valence-electron chi connectivity index (χ0n) is 14.7. The number of benzene rings is 1. The van der Waals surface area contributed by atoms with E-state index in [0.717, 1.165) is 29.0 Å². The quantitative estimate of drug-likeness (QED) is 0.755. The molecule has 0 N–H and O–H groups in total. The molecule has 1 aliphatic heterocycles. The molecule has 0 aliphatic carbocycles. The normalized spacial score (nSPS) is 16.3. The molecule has 2 rings (SSSR count). The largest absolute Gasteiger partial charge is 0.489 e. The lowest BCUT2D eigenvalue weighted by atomic mass is 10.0. The number of aryl methyl sites for hydroxylation is 2. The predicted molar refractivity (Wildman–Crippen MR) is 89.4 cm³/mol. The maximum Gasteiger partial charge on any atom is 0.230 e. The highest BCUT2D eigenvalue weighted by molar-refractivity contribution is 6.01. The van der Waals surface area contributed by atoms with Gasteiger partial charge in [-0.3, -0.25) is 14.5 Å². The second kappa shape index (κ2) is 7.13. The summed E-state index contributed by atoms with van der Waals surface area (Å²) in [6, 6.07) is 4.07. The molecule has 0 radical (unpaired) electrons. The fourth-order valence-corrected chi connectivity index (χ4v) is 3.05. The maximum absolute atomic E-state index is 11.9.